The van der Waals surface area contributed by atoms with Gasteiger partial charge in [0.2, 0.25) is 0 Å². The zero-order valence-electron chi connectivity index (χ0n) is 13.4. The smallest absolute Gasteiger partial charge is 0.191 e. The van der Waals surface area contributed by atoms with Gasteiger partial charge < -0.3 is 5.73 Å². The van der Waals surface area contributed by atoms with Gasteiger partial charge in [-0.2, -0.15) is 0 Å². The van der Waals surface area contributed by atoms with Crippen LogP contribution >= 0.6 is 23.5 Å². The minimum atomic E-state index is 0.181. The number of aromatic nitrogens is 3. The predicted octanol–water partition coefficient (Wildman–Crippen LogP) is 4.54. The topological polar surface area (TPSA) is 64.7 Å². The summed E-state index contributed by atoms with van der Waals surface area (Å²) in [4.78, 5) is 13.3. The Balaban J connectivity index is 2.18. The normalized spacial score (nSPS) is 13.8. The van der Waals surface area contributed by atoms with Crippen LogP contribution in [0.4, 0.5) is 5.82 Å². The molecule has 4 nitrogen and oxygen atoms in total. The molecule has 0 aromatic carbocycles. The Labute approximate surface area is 140 Å². The summed E-state index contributed by atoms with van der Waals surface area (Å²) in [6.07, 6.45) is 5.00. The fraction of sp³-hybridized carbons (Fsp3) is 0.438. The molecular formula is C16H22N4S2. The van der Waals surface area contributed by atoms with Crippen LogP contribution in [0, 0.1) is 0 Å². The van der Waals surface area contributed by atoms with Gasteiger partial charge in [0.15, 0.2) is 5.16 Å². The summed E-state index contributed by atoms with van der Waals surface area (Å²) in [5.74, 6) is 1.06. The lowest BCUT2D eigenvalue weighted by Gasteiger charge is -2.14. The van der Waals surface area contributed by atoms with E-state index in [2.05, 4.69) is 47.9 Å². The van der Waals surface area contributed by atoms with Gasteiger partial charge in [-0.25, -0.2) is 9.97 Å². The van der Waals surface area contributed by atoms with E-state index in [1.54, 1.807) is 29.6 Å². The summed E-state index contributed by atoms with van der Waals surface area (Å²) in [6, 6.07) is 6.08. The first-order valence-corrected chi connectivity index (χ1v) is 9.45. The average molecular weight is 335 g/mol. The molecule has 0 aliphatic rings. The van der Waals surface area contributed by atoms with Crippen LogP contribution in [0.15, 0.2) is 34.6 Å². The molecule has 2 aromatic heterocycles. The lowest BCUT2D eigenvalue weighted by molar-refractivity contribution is 0.729. The van der Waals surface area contributed by atoms with Crippen molar-refractivity contribution >= 4 is 29.3 Å². The van der Waals surface area contributed by atoms with Crippen molar-refractivity contribution in [3.8, 4) is 0 Å². The van der Waals surface area contributed by atoms with Crippen molar-refractivity contribution in [1.82, 2.24) is 15.0 Å². The van der Waals surface area contributed by atoms with Crippen molar-refractivity contribution in [2.75, 3.05) is 12.0 Å². The highest BCUT2D eigenvalue weighted by Gasteiger charge is 2.14. The number of nitrogens with two attached hydrogens (primary N) is 1. The number of thioether (sulfide) groups is 2. The summed E-state index contributed by atoms with van der Waals surface area (Å²) in [7, 11) is 0. The molecule has 2 heterocycles. The molecule has 6 heteroatoms. The minimum Gasteiger partial charge on any atom is -0.384 e. The Morgan fingerprint density at radius 1 is 1.23 bits per heavy atom. The van der Waals surface area contributed by atoms with Crippen molar-refractivity contribution in [3.63, 3.8) is 0 Å². The quantitative estimate of drug-likeness (QED) is 0.475. The zero-order chi connectivity index (χ0) is 16.1. The number of anilines is 1. The molecule has 2 rings (SSSR count). The first kappa shape index (κ1) is 17.1. The number of nitrogens with zero attached hydrogens (tertiary/aromatic N) is 3. The molecule has 0 saturated carbocycles. The van der Waals surface area contributed by atoms with E-state index < -0.39 is 0 Å². The lowest BCUT2D eigenvalue weighted by atomic mass is 9.99. The summed E-state index contributed by atoms with van der Waals surface area (Å²) in [5.41, 5.74) is 8.22. The lowest BCUT2D eigenvalue weighted by Crippen LogP contribution is -2.00. The molecule has 2 unspecified atom stereocenters. The van der Waals surface area contributed by atoms with Gasteiger partial charge in [0, 0.05) is 12.3 Å². The van der Waals surface area contributed by atoms with Gasteiger partial charge in [-0.05, 0) is 43.2 Å². The third kappa shape index (κ3) is 4.36. The maximum Gasteiger partial charge on any atom is 0.191 e. The van der Waals surface area contributed by atoms with Crippen LogP contribution in [0.3, 0.4) is 0 Å². The second-order valence-electron chi connectivity index (χ2n) is 5.20. The van der Waals surface area contributed by atoms with E-state index in [1.165, 1.54) is 5.56 Å². The molecule has 0 saturated heterocycles. The van der Waals surface area contributed by atoms with Crippen LogP contribution in [0.2, 0.25) is 0 Å². The second kappa shape index (κ2) is 7.83. The number of hydrogen-bond acceptors (Lipinski definition) is 6. The molecule has 22 heavy (non-hydrogen) atoms. The maximum atomic E-state index is 5.84. The highest BCUT2D eigenvalue weighted by molar-refractivity contribution is 7.99. The van der Waals surface area contributed by atoms with E-state index in [9.17, 15) is 0 Å². The first-order chi connectivity index (χ1) is 10.5. The Hall–Kier alpha value is -1.27. The van der Waals surface area contributed by atoms with Crippen LogP contribution in [-0.4, -0.2) is 21.2 Å². The highest BCUT2D eigenvalue weighted by atomic mass is 32.2. The van der Waals surface area contributed by atoms with E-state index in [-0.39, 0.29) is 5.25 Å². The molecule has 0 radical (unpaired) electrons. The summed E-state index contributed by atoms with van der Waals surface area (Å²) >= 11 is 3.16. The van der Waals surface area contributed by atoms with Gasteiger partial charge in [0.1, 0.15) is 10.8 Å². The molecule has 0 aliphatic heterocycles. The molecule has 2 atom stereocenters. The zero-order valence-corrected chi connectivity index (χ0v) is 15.0. The Morgan fingerprint density at radius 3 is 2.68 bits per heavy atom. The first-order valence-electron chi connectivity index (χ1n) is 7.34. The number of rotatable bonds is 6. The molecule has 2 N–H and O–H groups in total. The van der Waals surface area contributed by atoms with Crippen molar-refractivity contribution < 1.29 is 0 Å². The second-order valence-corrected chi connectivity index (χ2v) is 7.34. The van der Waals surface area contributed by atoms with E-state index in [0.717, 1.165) is 17.1 Å². The molecule has 0 fully saturated rings. The van der Waals surface area contributed by atoms with Crippen molar-refractivity contribution in [1.29, 1.82) is 0 Å². The largest absolute Gasteiger partial charge is 0.384 e. The van der Waals surface area contributed by atoms with Gasteiger partial charge >= 0.3 is 0 Å². The van der Waals surface area contributed by atoms with Crippen LogP contribution in [-0.2, 0) is 0 Å². The SMILES string of the molecule is CCC(C)c1ccnc(C(C)Sc2nc(N)cc(SC)n2)c1. The summed E-state index contributed by atoms with van der Waals surface area (Å²) in [6.45, 7) is 6.56. The molecule has 0 amide bonds. The van der Waals surface area contributed by atoms with Gasteiger partial charge in [-0.15, -0.1) is 11.8 Å². The van der Waals surface area contributed by atoms with E-state index in [0.29, 0.717) is 16.9 Å². The van der Waals surface area contributed by atoms with Crippen LogP contribution < -0.4 is 5.73 Å². The third-order valence-electron chi connectivity index (χ3n) is 3.60. The fourth-order valence-electron chi connectivity index (χ4n) is 2.03. The van der Waals surface area contributed by atoms with E-state index in [1.807, 2.05) is 12.5 Å². The molecule has 0 aliphatic carbocycles. The van der Waals surface area contributed by atoms with Crippen LogP contribution in [0.5, 0.6) is 0 Å². The highest BCUT2D eigenvalue weighted by Crippen LogP contribution is 2.34. The van der Waals surface area contributed by atoms with Gasteiger partial charge in [-0.3, -0.25) is 4.98 Å². The van der Waals surface area contributed by atoms with E-state index >= 15 is 0 Å². The Kier molecular flexibility index (Phi) is 6.08. The Bertz CT molecular complexity index is 633. The molecule has 118 valence electrons. The minimum absolute atomic E-state index is 0.181. The van der Waals surface area contributed by atoms with Crippen molar-refractivity contribution in [2.24, 2.45) is 0 Å². The third-order valence-corrected chi connectivity index (χ3v) is 5.21. The summed E-state index contributed by atoms with van der Waals surface area (Å²) < 4.78 is 0. The standard InChI is InChI=1S/C16H22N4S2/c1-5-10(2)12-6-7-18-13(8-12)11(3)22-16-19-14(17)9-15(20-16)21-4/h6-11H,5H2,1-4H3,(H2,17,19,20). The predicted molar refractivity (Wildman–Crippen MR) is 95.4 cm³/mol. The van der Waals surface area contributed by atoms with Crippen molar-refractivity contribution in [2.45, 2.75) is 48.5 Å². The fourth-order valence-corrected chi connectivity index (χ4v) is 3.38. The Morgan fingerprint density at radius 2 is 2.00 bits per heavy atom. The monoisotopic (exact) mass is 334 g/mol. The van der Waals surface area contributed by atoms with Crippen LogP contribution in [0.1, 0.15) is 49.6 Å². The summed E-state index contributed by atoms with van der Waals surface area (Å²) in [5, 5.41) is 1.77. The molecule has 0 bridgehead atoms. The van der Waals surface area contributed by atoms with Gasteiger partial charge in [-0.1, -0.05) is 25.6 Å². The maximum absolute atomic E-state index is 5.84. The van der Waals surface area contributed by atoms with Gasteiger partial charge in [0.25, 0.3) is 0 Å². The number of pyridine rings is 1. The molecular weight excluding hydrogens is 312 g/mol. The molecule has 0 spiro atoms. The van der Waals surface area contributed by atoms with Gasteiger partial charge in [0.05, 0.1) is 10.9 Å². The molecule has 2 aromatic rings. The number of hydrogen-bond donors (Lipinski definition) is 1. The number of nitrogen functional groups attached to an aromatic ring is 1. The van der Waals surface area contributed by atoms with Crippen LogP contribution in [0.25, 0.3) is 0 Å². The van der Waals surface area contributed by atoms with Crippen molar-refractivity contribution in [3.05, 3.63) is 35.7 Å². The average Bonchev–Trinajstić information content (AvgIpc) is 2.53. The van der Waals surface area contributed by atoms with E-state index in [4.69, 9.17) is 5.73 Å².